The van der Waals surface area contributed by atoms with Gasteiger partial charge in [0.1, 0.15) is 0 Å². The first kappa shape index (κ1) is 16.7. The second-order valence-electron chi connectivity index (χ2n) is 6.66. The van der Waals surface area contributed by atoms with Gasteiger partial charge in [-0.1, -0.05) is 26.2 Å². The molecule has 122 valence electrons. The molecule has 2 rings (SSSR count). The Morgan fingerprint density at radius 2 is 1.90 bits per heavy atom. The lowest BCUT2D eigenvalue weighted by Crippen LogP contribution is -2.50. The largest absolute Gasteiger partial charge is 0.481 e. The highest BCUT2D eigenvalue weighted by atomic mass is 32.2. The molecule has 0 aromatic heterocycles. The number of piperidine rings is 1. The number of rotatable bonds is 5. The third-order valence-electron chi connectivity index (χ3n) is 5.24. The van der Waals surface area contributed by atoms with Gasteiger partial charge in [0.15, 0.2) is 0 Å². The van der Waals surface area contributed by atoms with Gasteiger partial charge in [0.05, 0.1) is 11.2 Å². The fourth-order valence-electron chi connectivity index (χ4n) is 3.70. The smallest absolute Gasteiger partial charge is 0.310 e. The van der Waals surface area contributed by atoms with Crippen LogP contribution >= 0.6 is 0 Å². The fourth-order valence-corrected chi connectivity index (χ4v) is 5.69. The van der Waals surface area contributed by atoms with E-state index in [1.54, 1.807) is 0 Å². The Bertz CT molecular complexity index is 470. The van der Waals surface area contributed by atoms with Gasteiger partial charge in [-0.05, 0) is 38.0 Å². The molecule has 0 aromatic carbocycles. The number of aliphatic carboxylic acids is 1. The predicted octanol–water partition coefficient (Wildman–Crippen LogP) is 2.47. The topological polar surface area (TPSA) is 74.7 Å². The van der Waals surface area contributed by atoms with Crippen molar-refractivity contribution >= 4 is 16.0 Å². The van der Waals surface area contributed by atoms with Crippen LogP contribution in [-0.2, 0) is 14.8 Å². The standard InChI is InChI=1S/C15H27NO4S/c1-2-15(14(17)18)9-6-10-16(12-15)21(19,20)11-13-7-4-3-5-8-13/h13H,2-12H2,1H3,(H,17,18). The third-order valence-corrected chi connectivity index (χ3v) is 7.23. The molecule has 1 atom stereocenters. The number of carboxylic acids is 1. The maximum Gasteiger partial charge on any atom is 0.310 e. The summed E-state index contributed by atoms with van der Waals surface area (Å²) in [5, 5.41) is 9.47. The van der Waals surface area contributed by atoms with Crippen LogP contribution in [0.2, 0.25) is 0 Å². The van der Waals surface area contributed by atoms with Crippen LogP contribution in [0.5, 0.6) is 0 Å². The highest BCUT2D eigenvalue weighted by molar-refractivity contribution is 7.89. The summed E-state index contributed by atoms with van der Waals surface area (Å²) in [7, 11) is -3.33. The number of carbonyl (C=O) groups is 1. The van der Waals surface area contributed by atoms with Crippen molar-refractivity contribution in [3.8, 4) is 0 Å². The minimum Gasteiger partial charge on any atom is -0.481 e. The second kappa shape index (κ2) is 6.65. The monoisotopic (exact) mass is 317 g/mol. The normalized spacial score (nSPS) is 29.4. The number of sulfonamides is 1. The summed E-state index contributed by atoms with van der Waals surface area (Å²) >= 11 is 0. The Hall–Kier alpha value is -0.620. The second-order valence-corrected chi connectivity index (χ2v) is 8.67. The van der Waals surface area contributed by atoms with Crippen molar-refractivity contribution in [2.75, 3.05) is 18.8 Å². The van der Waals surface area contributed by atoms with E-state index >= 15 is 0 Å². The summed E-state index contributed by atoms with van der Waals surface area (Å²) in [6.07, 6.45) is 7.13. The van der Waals surface area contributed by atoms with E-state index in [2.05, 4.69) is 0 Å². The zero-order chi connectivity index (χ0) is 15.5. The Morgan fingerprint density at radius 3 is 2.48 bits per heavy atom. The molecule has 1 saturated carbocycles. The lowest BCUT2D eigenvalue weighted by atomic mass is 9.78. The lowest BCUT2D eigenvalue weighted by Gasteiger charge is -2.39. The van der Waals surface area contributed by atoms with E-state index < -0.39 is 21.4 Å². The van der Waals surface area contributed by atoms with Gasteiger partial charge in [-0.25, -0.2) is 12.7 Å². The Balaban J connectivity index is 2.06. The Morgan fingerprint density at radius 1 is 1.24 bits per heavy atom. The number of carboxylic acid groups (broad SMARTS) is 1. The molecule has 21 heavy (non-hydrogen) atoms. The molecule has 2 aliphatic rings. The van der Waals surface area contributed by atoms with E-state index in [0.717, 1.165) is 25.7 Å². The SMILES string of the molecule is CCC1(C(=O)O)CCCN(S(=O)(=O)CC2CCCCC2)C1. The number of hydrogen-bond donors (Lipinski definition) is 1. The van der Waals surface area contributed by atoms with E-state index in [9.17, 15) is 18.3 Å². The molecule has 0 radical (unpaired) electrons. The van der Waals surface area contributed by atoms with Gasteiger partial charge in [-0.15, -0.1) is 0 Å². The first-order valence-electron chi connectivity index (χ1n) is 8.11. The minimum atomic E-state index is -3.33. The zero-order valence-electron chi connectivity index (χ0n) is 12.9. The van der Waals surface area contributed by atoms with E-state index in [-0.39, 0.29) is 18.2 Å². The molecule has 1 heterocycles. The van der Waals surface area contributed by atoms with Gasteiger partial charge in [-0.2, -0.15) is 0 Å². The van der Waals surface area contributed by atoms with Crippen molar-refractivity contribution in [2.45, 2.75) is 58.3 Å². The highest BCUT2D eigenvalue weighted by Gasteiger charge is 2.44. The van der Waals surface area contributed by atoms with Gasteiger partial charge in [0, 0.05) is 13.1 Å². The zero-order valence-corrected chi connectivity index (χ0v) is 13.7. The van der Waals surface area contributed by atoms with Crippen molar-refractivity contribution in [3.05, 3.63) is 0 Å². The van der Waals surface area contributed by atoms with E-state index in [0.29, 0.717) is 25.8 Å². The Labute approximate surface area is 127 Å². The maximum atomic E-state index is 12.6. The van der Waals surface area contributed by atoms with Gasteiger partial charge in [0.2, 0.25) is 10.0 Å². The van der Waals surface area contributed by atoms with Gasteiger partial charge in [0.25, 0.3) is 0 Å². The van der Waals surface area contributed by atoms with Gasteiger partial charge in [-0.3, -0.25) is 4.79 Å². The molecule has 1 saturated heterocycles. The van der Waals surface area contributed by atoms with Crippen LogP contribution in [0.1, 0.15) is 58.3 Å². The van der Waals surface area contributed by atoms with Crippen LogP contribution in [0.15, 0.2) is 0 Å². The van der Waals surface area contributed by atoms with Crippen LogP contribution in [0.4, 0.5) is 0 Å². The van der Waals surface area contributed by atoms with Crippen molar-refractivity contribution in [1.29, 1.82) is 0 Å². The molecular formula is C15H27NO4S. The lowest BCUT2D eigenvalue weighted by molar-refractivity contribution is -0.151. The quantitative estimate of drug-likeness (QED) is 0.845. The van der Waals surface area contributed by atoms with Crippen LogP contribution in [0.3, 0.4) is 0 Å². The highest BCUT2D eigenvalue weighted by Crippen LogP contribution is 2.35. The van der Waals surface area contributed by atoms with Crippen molar-refractivity contribution < 1.29 is 18.3 Å². The molecule has 6 heteroatoms. The molecule has 0 amide bonds. The average Bonchev–Trinajstić information content (AvgIpc) is 2.47. The summed E-state index contributed by atoms with van der Waals surface area (Å²) in [6.45, 7) is 2.46. The summed E-state index contributed by atoms with van der Waals surface area (Å²) in [6, 6.07) is 0. The molecule has 1 unspecified atom stereocenters. The molecule has 2 fully saturated rings. The van der Waals surface area contributed by atoms with E-state index in [1.807, 2.05) is 6.92 Å². The Kier molecular flexibility index (Phi) is 5.30. The fraction of sp³-hybridized carbons (Fsp3) is 0.933. The average molecular weight is 317 g/mol. The van der Waals surface area contributed by atoms with E-state index in [1.165, 1.54) is 10.7 Å². The molecule has 0 spiro atoms. The van der Waals surface area contributed by atoms with Crippen LogP contribution in [0.25, 0.3) is 0 Å². The summed E-state index contributed by atoms with van der Waals surface area (Å²) in [5.41, 5.74) is -0.891. The molecule has 0 aromatic rings. The van der Waals surface area contributed by atoms with Crippen LogP contribution in [0, 0.1) is 11.3 Å². The van der Waals surface area contributed by atoms with Crippen molar-refractivity contribution in [2.24, 2.45) is 11.3 Å². The van der Waals surface area contributed by atoms with Gasteiger partial charge >= 0.3 is 5.97 Å². The molecule has 0 bridgehead atoms. The maximum absolute atomic E-state index is 12.6. The summed E-state index contributed by atoms with van der Waals surface area (Å²) < 4.78 is 26.7. The first-order valence-corrected chi connectivity index (χ1v) is 9.72. The molecule has 1 aliphatic heterocycles. The molecule has 1 N–H and O–H groups in total. The van der Waals surface area contributed by atoms with Crippen molar-refractivity contribution in [3.63, 3.8) is 0 Å². The van der Waals surface area contributed by atoms with Crippen molar-refractivity contribution in [1.82, 2.24) is 4.31 Å². The minimum absolute atomic E-state index is 0.147. The molecule has 5 nitrogen and oxygen atoms in total. The van der Waals surface area contributed by atoms with Gasteiger partial charge < -0.3 is 5.11 Å². The first-order chi connectivity index (χ1) is 9.89. The van der Waals surface area contributed by atoms with Crippen LogP contribution in [-0.4, -0.2) is 42.6 Å². The third kappa shape index (κ3) is 3.77. The number of hydrogen-bond acceptors (Lipinski definition) is 3. The predicted molar refractivity (Wildman–Crippen MR) is 81.5 cm³/mol. The summed E-state index contributed by atoms with van der Waals surface area (Å²) in [5.74, 6) is -0.402. The van der Waals surface area contributed by atoms with E-state index in [4.69, 9.17) is 0 Å². The van der Waals surface area contributed by atoms with Crippen LogP contribution < -0.4 is 0 Å². The number of nitrogens with zero attached hydrogens (tertiary/aromatic N) is 1. The molecule has 1 aliphatic carbocycles. The molecular weight excluding hydrogens is 290 g/mol. The summed E-state index contributed by atoms with van der Waals surface area (Å²) in [4.78, 5) is 11.5.